The SMILES string of the molecule is Cc1cc(C)c([B-](C#N)(c2ccc([N+](C)(C)C)cc2)c2c(C)cc(C)cc2C)c(C)c1. The number of rotatable bonds is 4. The molecule has 160 valence electrons. The topological polar surface area (TPSA) is 23.8 Å². The van der Waals surface area contributed by atoms with Gasteiger partial charge in [0.1, 0.15) is 5.69 Å². The lowest BCUT2D eigenvalue weighted by Gasteiger charge is -2.42. The molecule has 0 aromatic heterocycles. The van der Waals surface area contributed by atoms with Crippen molar-refractivity contribution in [2.45, 2.75) is 41.5 Å². The van der Waals surface area contributed by atoms with Gasteiger partial charge in [-0.05, 0) is 53.7 Å². The number of aryl methyl sites for hydroxylation is 6. The molecule has 3 aromatic carbocycles. The first-order valence-corrected chi connectivity index (χ1v) is 11.1. The van der Waals surface area contributed by atoms with Crippen LogP contribution in [0.1, 0.15) is 33.4 Å². The summed E-state index contributed by atoms with van der Waals surface area (Å²) < 4.78 is 0.748. The smallest absolute Gasteiger partial charge is 0.184 e. The Kier molecular flexibility index (Phi) is 5.91. The van der Waals surface area contributed by atoms with E-state index in [1.807, 2.05) is 0 Å². The molecule has 0 fully saturated rings. The first kappa shape index (κ1) is 22.9. The molecule has 0 saturated heterocycles. The second-order valence-electron chi connectivity index (χ2n) is 10.2. The van der Waals surface area contributed by atoms with Crippen molar-refractivity contribution >= 4 is 28.2 Å². The number of hydrogen-bond acceptors (Lipinski definition) is 1. The maximum Gasteiger partial charge on any atom is 0.184 e. The minimum Gasteiger partial charge on any atom is -0.298 e. The van der Waals surface area contributed by atoms with Crippen LogP contribution in [0.15, 0.2) is 48.5 Å². The van der Waals surface area contributed by atoms with Gasteiger partial charge in [-0.2, -0.15) is 16.4 Å². The molecule has 0 aliphatic carbocycles. The first-order chi connectivity index (χ1) is 14.4. The van der Waals surface area contributed by atoms with Crippen molar-refractivity contribution in [1.29, 1.82) is 5.26 Å². The first-order valence-electron chi connectivity index (χ1n) is 11.1. The Bertz CT molecular complexity index is 1070. The summed E-state index contributed by atoms with van der Waals surface area (Å²) in [5.74, 6) is 2.88. The monoisotopic (exact) mass is 410 g/mol. The predicted octanol–water partition coefficient (Wildman–Crippen LogP) is 4.27. The van der Waals surface area contributed by atoms with Crippen LogP contribution in [0.25, 0.3) is 0 Å². The van der Waals surface area contributed by atoms with Crippen LogP contribution in [0.5, 0.6) is 0 Å². The van der Waals surface area contributed by atoms with Gasteiger partial charge in [-0.1, -0.05) is 69.8 Å². The highest BCUT2D eigenvalue weighted by Crippen LogP contribution is 2.21. The highest BCUT2D eigenvalue weighted by atomic mass is 15.3. The summed E-state index contributed by atoms with van der Waals surface area (Å²) >= 11 is 0. The largest absolute Gasteiger partial charge is 0.298 e. The summed E-state index contributed by atoms with van der Waals surface area (Å²) in [6.45, 7) is 12.9. The number of nitriles is 1. The van der Waals surface area contributed by atoms with Gasteiger partial charge in [-0.25, -0.2) is 5.26 Å². The molecule has 0 aliphatic heterocycles. The average molecular weight is 410 g/mol. The zero-order chi connectivity index (χ0) is 23.1. The molecular formula is C28H35BN2. The van der Waals surface area contributed by atoms with Crippen molar-refractivity contribution in [1.82, 2.24) is 4.48 Å². The second-order valence-corrected chi connectivity index (χ2v) is 10.2. The minimum atomic E-state index is -1.78. The Morgan fingerprint density at radius 3 is 1.29 bits per heavy atom. The zero-order valence-corrected chi connectivity index (χ0v) is 20.6. The summed E-state index contributed by atoms with van der Waals surface area (Å²) in [6, 6.07) is 17.6. The standard InChI is InChI=1S/C28H35BN2/c1-19-14-21(3)27(22(4)15-19)29(18-30,28-23(5)16-20(2)17-24(28)6)25-10-12-26(13-11-25)31(7,8)9/h10-17H,1-9H3. The molecular weight excluding hydrogens is 375 g/mol. The van der Waals surface area contributed by atoms with Crippen molar-refractivity contribution in [3.8, 4) is 5.97 Å². The van der Waals surface area contributed by atoms with Gasteiger partial charge in [0, 0.05) is 0 Å². The summed E-state index contributed by atoms with van der Waals surface area (Å²) in [5, 5.41) is 11.0. The van der Waals surface area contributed by atoms with E-state index in [2.05, 4.69) is 117 Å². The maximum absolute atomic E-state index is 11.0. The number of hydrogen-bond donors (Lipinski definition) is 0. The molecule has 3 heteroatoms. The molecule has 3 rings (SSSR count). The van der Waals surface area contributed by atoms with Gasteiger partial charge in [0.2, 0.25) is 0 Å². The van der Waals surface area contributed by atoms with Crippen molar-refractivity contribution < 1.29 is 0 Å². The molecule has 0 heterocycles. The lowest BCUT2D eigenvalue weighted by atomic mass is 9.15. The van der Waals surface area contributed by atoms with Crippen LogP contribution in [0.3, 0.4) is 0 Å². The quantitative estimate of drug-likeness (QED) is 0.466. The maximum atomic E-state index is 11.0. The van der Waals surface area contributed by atoms with Crippen molar-refractivity contribution in [2.24, 2.45) is 0 Å². The van der Waals surface area contributed by atoms with Gasteiger partial charge in [0.15, 0.2) is 6.15 Å². The molecule has 0 amide bonds. The number of quaternary nitrogens is 1. The molecule has 0 bridgehead atoms. The van der Waals surface area contributed by atoms with Crippen LogP contribution < -0.4 is 20.9 Å². The summed E-state index contributed by atoms with van der Waals surface area (Å²) in [6.07, 6.45) is -1.78. The van der Waals surface area contributed by atoms with Gasteiger partial charge in [0.05, 0.1) is 21.1 Å². The minimum absolute atomic E-state index is 0.748. The van der Waals surface area contributed by atoms with Gasteiger partial charge in [-0.3, -0.25) is 4.48 Å². The molecule has 0 aliphatic rings. The predicted molar refractivity (Wildman–Crippen MR) is 138 cm³/mol. The Labute approximate surface area is 188 Å². The van der Waals surface area contributed by atoms with Gasteiger partial charge in [0.25, 0.3) is 0 Å². The molecule has 3 aromatic rings. The van der Waals surface area contributed by atoms with Crippen LogP contribution in [0.4, 0.5) is 5.69 Å². The Balaban J connectivity index is 2.47. The number of benzene rings is 3. The van der Waals surface area contributed by atoms with Crippen LogP contribution >= 0.6 is 0 Å². The highest BCUT2D eigenvalue weighted by Gasteiger charge is 2.35. The van der Waals surface area contributed by atoms with Crippen LogP contribution in [0, 0.1) is 52.8 Å². The van der Waals surface area contributed by atoms with E-state index in [0.29, 0.717) is 0 Å². The highest BCUT2D eigenvalue weighted by molar-refractivity contribution is 7.17. The fourth-order valence-corrected chi connectivity index (χ4v) is 5.64. The summed E-state index contributed by atoms with van der Waals surface area (Å²) in [5.41, 5.74) is 11.9. The van der Waals surface area contributed by atoms with Crippen LogP contribution in [-0.2, 0) is 0 Å². The fourth-order valence-electron chi connectivity index (χ4n) is 5.64. The fraction of sp³-hybridized carbons (Fsp3) is 0.321. The molecule has 0 unspecified atom stereocenters. The number of nitrogens with zero attached hydrogens (tertiary/aromatic N) is 2. The van der Waals surface area contributed by atoms with Gasteiger partial charge >= 0.3 is 0 Å². The summed E-state index contributed by atoms with van der Waals surface area (Å²) in [4.78, 5) is 0. The molecule has 0 saturated carbocycles. The van der Waals surface area contributed by atoms with E-state index in [0.717, 1.165) is 9.95 Å². The zero-order valence-electron chi connectivity index (χ0n) is 20.6. The van der Waals surface area contributed by atoms with Crippen molar-refractivity contribution in [2.75, 3.05) is 21.1 Å². The molecule has 2 nitrogen and oxygen atoms in total. The summed E-state index contributed by atoms with van der Waals surface area (Å²) in [7, 11) is 6.50. The van der Waals surface area contributed by atoms with E-state index in [1.54, 1.807) is 0 Å². The van der Waals surface area contributed by atoms with E-state index in [-0.39, 0.29) is 0 Å². The van der Waals surface area contributed by atoms with Crippen molar-refractivity contribution in [3.63, 3.8) is 0 Å². The Morgan fingerprint density at radius 1 is 0.645 bits per heavy atom. The van der Waals surface area contributed by atoms with E-state index < -0.39 is 6.15 Å². The molecule has 31 heavy (non-hydrogen) atoms. The van der Waals surface area contributed by atoms with Gasteiger partial charge < -0.3 is 0 Å². The van der Waals surface area contributed by atoms with Crippen molar-refractivity contribution in [3.05, 3.63) is 81.9 Å². The van der Waals surface area contributed by atoms with Gasteiger partial charge in [-0.15, -0.1) is 5.97 Å². The second kappa shape index (κ2) is 8.02. The van der Waals surface area contributed by atoms with Crippen LogP contribution in [-0.4, -0.2) is 27.3 Å². The van der Waals surface area contributed by atoms with E-state index in [1.165, 1.54) is 50.0 Å². The van der Waals surface area contributed by atoms with Crippen LogP contribution in [0.2, 0.25) is 0 Å². The molecule has 0 spiro atoms. The lowest BCUT2D eigenvalue weighted by Crippen LogP contribution is -2.69. The lowest BCUT2D eigenvalue weighted by molar-refractivity contribution is 0.486. The molecule has 0 N–H and O–H groups in total. The third kappa shape index (κ3) is 3.93. The Morgan fingerprint density at radius 2 is 1.00 bits per heavy atom. The Hall–Kier alpha value is -2.83. The third-order valence-electron chi connectivity index (χ3n) is 6.70. The molecule has 0 radical (unpaired) electrons. The van der Waals surface area contributed by atoms with E-state index in [4.69, 9.17) is 0 Å². The van der Waals surface area contributed by atoms with E-state index >= 15 is 0 Å². The normalized spacial score (nSPS) is 12.0. The van der Waals surface area contributed by atoms with E-state index in [9.17, 15) is 5.26 Å². The molecule has 0 atom stereocenters. The average Bonchev–Trinajstić information content (AvgIpc) is 2.64. The third-order valence-corrected chi connectivity index (χ3v) is 6.70.